The average Bonchev–Trinajstić information content (AvgIpc) is 2.26. The van der Waals surface area contributed by atoms with Crippen molar-refractivity contribution < 1.29 is 13.5 Å². The molecule has 94 valence electrons. The van der Waals surface area contributed by atoms with Crippen LogP contribution in [0.3, 0.4) is 0 Å². The Morgan fingerprint density at radius 3 is 2.53 bits per heavy atom. The first-order valence-corrected chi connectivity index (χ1v) is 5.86. The molecule has 2 nitrogen and oxygen atoms in total. The van der Waals surface area contributed by atoms with E-state index in [2.05, 4.69) is 0 Å². The van der Waals surface area contributed by atoms with Gasteiger partial charge in [-0.3, -0.25) is 0 Å². The monoisotopic (exact) mass is 241 g/mol. The van der Waals surface area contributed by atoms with E-state index in [1.54, 1.807) is 12.1 Å². The number of hydrogen-bond acceptors (Lipinski definition) is 2. The highest BCUT2D eigenvalue weighted by Gasteiger charge is 2.47. The zero-order chi connectivity index (χ0) is 12.5. The van der Waals surface area contributed by atoms with Crippen molar-refractivity contribution in [2.45, 2.75) is 44.3 Å². The van der Waals surface area contributed by atoms with Crippen molar-refractivity contribution >= 4 is 0 Å². The van der Waals surface area contributed by atoms with Crippen LogP contribution < -0.4 is 10.5 Å². The highest BCUT2D eigenvalue weighted by molar-refractivity contribution is 5.27. The van der Waals surface area contributed by atoms with Crippen molar-refractivity contribution in [2.24, 2.45) is 5.73 Å². The first-order chi connectivity index (χ1) is 7.99. The molecule has 0 spiro atoms. The molecule has 1 saturated carbocycles. The van der Waals surface area contributed by atoms with Gasteiger partial charge in [-0.15, -0.1) is 0 Å². The molecule has 2 rings (SSSR count). The summed E-state index contributed by atoms with van der Waals surface area (Å²) < 4.78 is 32.7. The van der Waals surface area contributed by atoms with Gasteiger partial charge in [0.2, 0.25) is 0 Å². The maximum Gasteiger partial charge on any atom is 0.285 e. The Bertz CT molecular complexity index is 378. The summed E-state index contributed by atoms with van der Waals surface area (Å²) in [7, 11) is 0. The second kappa shape index (κ2) is 4.61. The zero-order valence-electron chi connectivity index (χ0n) is 9.83. The summed E-state index contributed by atoms with van der Waals surface area (Å²) in [4.78, 5) is 0. The van der Waals surface area contributed by atoms with Crippen molar-refractivity contribution in [1.82, 2.24) is 0 Å². The van der Waals surface area contributed by atoms with Crippen LogP contribution in [0.15, 0.2) is 24.3 Å². The quantitative estimate of drug-likeness (QED) is 0.864. The Morgan fingerprint density at radius 1 is 1.29 bits per heavy atom. The second-order valence-electron chi connectivity index (χ2n) is 4.67. The smallest absolute Gasteiger partial charge is 0.285 e. The standard InChI is InChI=1S/C13H17F2NO/c1-9-4-6-10(7-5-9)17-12-11(16)3-2-8-13(12,14)15/h4-7,11-12H,2-3,8,16H2,1H3/t11-,12-/m1/s1. The molecule has 0 unspecified atom stereocenters. The molecule has 0 heterocycles. The molecule has 17 heavy (non-hydrogen) atoms. The number of rotatable bonds is 2. The van der Waals surface area contributed by atoms with Gasteiger partial charge in [-0.25, -0.2) is 8.78 Å². The third kappa shape index (κ3) is 2.75. The molecular weight excluding hydrogens is 224 g/mol. The number of alkyl halides is 2. The summed E-state index contributed by atoms with van der Waals surface area (Å²) in [5.41, 5.74) is 6.79. The third-order valence-corrected chi connectivity index (χ3v) is 3.14. The van der Waals surface area contributed by atoms with Gasteiger partial charge in [-0.1, -0.05) is 17.7 Å². The largest absolute Gasteiger partial charge is 0.483 e. The number of ether oxygens (including phenoxy) is 1. The van der Waals surface area contributed by atoms with Crippen molar-refractivity contribution in [2.75, 3.05) is 0 Å². The number of aryl methyl sites for hydroxylation is 1. The maximum absolute atomic E-state index is 13.7. The van der Waals surface area contributed by atoms with Crippen LogP contribution in [0.1, 0.15) is 24.8 Å². The molecule has 1 aliphatic carbocycles. The lowest BCUT2D eigenvalue weighted by atomic mass is 9.89. The maximum atomic E-state index is 13.7. The number of halogens is 2. The van der Waals surface area contributed by atoms with E-state index in [-0.39, 0.29) is 6.42 Å². The van der Waals surface area contributed by atoms with Crippen LogP contribution in [-0.4, -0.2) is 18.1 Å². The Hall–Kier alpha value is -1.16. The van der Waals surface area contributed by atoms with Crippen LogP contribution >= 0.6 is 0 Å². The van der Waals surface area contributed by atoms with E-state index < -0.39 is 18.1 Å². The number of hydrogen-bond donors (Lipinski definition) is 1. The van der Waals surface area contributed by atoms with E-state index in [9.17, 15) is 8.78 Å². The Balaban J connectivity index is 2.12. The van der Waals surface area contributed by atoms with Gasteiger partial charge in [0, 0.05) is 12.5 Å². The molecule has 1 aromatic rings. The molecule has 4 heteroatoms. The third-order valence-electron chi connectivity index (χ3n) is 3.14. The fraction of sp³-hybridized carbons (Fsp3) is 0.538. The SMILES string of the molecule is Cc1ccc(O[C@@H]2[C@H](N)CCCC2(F)F)cc1. The summed E-state index contributed by atoms with van der Waals surface area (Å²) in [5, 5.41) is 0. The molecule has 0 amide bonds. The van der Waals surface area contributed by atoms with Gasteiger partial charge in [0.25, 0.3) is 5.92 Å². The van der Waals surface area contributed by atoms with Crippen LogP contribution in [0.4, 0.5) is 8.78 Å². The van der Waals surface area contributed by atoms with E-state index in [0.29, 0.717) is 18.6 Å². The summed E-state index contributed by atoms with van der Waals surface area (Å²) in [6.45, 7) is 1.94. The van der Waals surface area contributed by atoms with E-state index in [0.717, 1.165) is 5.56 Å². The van der Waals surface area contributed by atoms with E-state index in [4.69, 9.17) is 10.5 Å². The van der Waals surface area contributed by atoms with E-state index >= 15 is 0 Å². The second-order valence-corrected chi connectivity index (χ2v) is 4.67. The van der Waals surface area contributed by atoms with Crippen molar-refractivity contribution in [3.63, 3.8) is 0 Å². The lowest BCUT2D eigenvalue weighted by Crippen LogP contribution is -2.53. The summed E-state index contributed by atoms with van der Waals surface area (Å²) in [6.07, 6.45) is -0.301. The average molecular weight is 241 g/mol. The molecule has 0 aromatic heterocycles. The van der Waals surface area contributed by atoms with Gasteiger partial charge in [0.05, 0.1) is 0 Å². The molecule has 2 atom stereocenters. The Morgan fingerprint density at radius 2 is 1.94 bits per heavy atom. The lowest BCUT2D eigenvalue weighted by Gasteiger charge is -2.35. The summed E-state index contributed by atoms with van der Waals surface area (Å²) >= 11 is 0. The van der Waals surface area contributed by atoms with Gasteiger partial charge in [-0.05, 0) is 31.9 Å². The molecular formula is C13H17F2NO. The minimum Gasteiger partial charge on any atom is -0.483 e. The Labute approximate surface area is 99.8 Å². The van der Waals surface area contributed by atoms with Crippen molar-refractivity contribution in [3.8, 4) is 5.75 Å². The van der Waals surface area contributed by atoms with E-state index in [1.165, 1.54) is 0 Å². The summed E-state index contributed by atoms with van der Waals surface area (Å²) in [5.74, 6) is -2.37. The molecule has 0 aliphatic heterocycles. The number of nitrogens with two attached hydrogens (primary N) is 1. The fourth-order valence-electron chi connectivity index (χ4n) is 2.12. The van der Waals surface area contributed by atoms with Crippen LogP contribution in [-0.2, 0) is 0 Å². The molecule has 0 saturated heterocycles. The lowest BCUT2D eigenvalue weighted by molar-refractivity contribution is -0.126. The molecule has 1 aliphatic rings. The molecule has 2 N–H and O–H groups in total. The number of benzene rings is 1. The van der Waals surface area contributed by atoms with Crippen LogP contribution in [0.25, 0.3) is 0 Å². The molecule has 0 bridgehead atoms. The Kier molecular flexibility index (Phi) is 3.33. The normalized spacial score (nSPS) is 27.8. The van der Waals surface area contributed by atoms with Gasteiger partial charge >= 0.3 is 0 Å². The highest BCUT2D eigenvalue weighted by Crippen LogP contribution is 2.35. The minimum atomic E-state index is -2.83. The van der Waals surface area contributed by atoms with Crippen molar-refractivity contribution in [3.05, 3.63) is 29.8 Å². The van der Waals surface area contributed by atoms with Gasteiger partial charge in [0.15, 0.2) is 6.10 Å². The van der Waals surface area contributed by atoms with Gasteiger partial charge < -0.3 is 10.5 Å². The molecule has 1 aromatic carbocycles. The van der Waals surface area contributed by atoms with Gasteiger partial charge in [-0.2, -0.15) is 0 Å². The van der Waals surface area contributed by atoms with Crippen LogP contribution in [0, 0.1) is 6.92 Å². The fourth-order valence-corrected chi connectivity index (χ4v) is 2.12. The van der Waals surface area contributed by atoms with Crippen molar-refractivity contribution in [1.29, 1.82) is 0 Å². The zero-order valence-corrected chi connectivity index (χ0v) is 9.83. The predicted molar refractivity (Wildman–Crippen MR) is 62.4 cm³/mol. The summed E-state index contributed by atoms with van der Waals surface area (Å²) in [6, 6.07) is 6.48. The molecule has 0 radical (unpaired) electrons. The minimum absolute atomic E-state index is 0.142. The first-order valence-electron chi connectivity index (χ1n) is 5.86. The first kappa shape index (κ1) is 12.3. The predicted octanol–water partition coefficient (Wildman–Crippen LogP) is 2.89. The van der Waals surface area contributed by atoms with Crippen LogP contribution in [0.2, 0.25) is 0 Å². The highest BCUT2D eigenvalue weighted by atomic mass is 19.3. The van der Waals surface area contributed by atoms with Gasteiger partial charge in [0.1, 0.15) is 5.75 Å². The van der Waals surface area contributed by atoms with Crippen LogP contribution in [0.5, 0.6) is 5.75 Å². The topological polar surface area (TPSA) is 35.2 Å². The van der Waals surface area contributed by atoms with E-state index in [1.807, 2.05) is 19.1 Å². The molecule has 1 fully saturated rings.